The number of carbonyl (C=O) groups is 2. The summed E-state index contributed by atoms with van der Waals surface area (Å²) in [6.07, 6.45) is 1.81. The number of hydrogen-bond acceptors (Lipinski definition) is 5. The van der Waals surface area contributed by atoms with Crippen molar-refractivity contribution >= 4 is 19.6 Å². The Balaban J connectivity index is 2.09. The number of ether oxygens (including phenoxy) is 3. The van der Waals surface area contributed by atoms with Gasteiger partial charge in [0.15, 0.2) is 11.5 Å². The lowest BCUT2D eigenvalue weighted by molar-refractivity contribution is -0.136. The van der Waals surface area contributed by atoms with Crippen LogP contribution in [0.15, 0.2) is 52.9 Å². The molecule has 1 heterocycles. The lowest BCUT2D eigenvalue weighted by Gasteiger charge is -2.40. The molecule has 0 saturated carbocycles. The number of ketones is 2. The lowest BCUT2D eigenvalue weighted by Crippen LogP contribution is -2.47. The quantitative estimate of drug-likeness (QED) is 0.407. The first-order valence-corrected chi connectivity index (χ1v) is 13.0. The van der Waals surface area contributed by atoms with Crippen LogP contribution in [0.3, 0.4) is 0 Å². The summed E-state index contributed by atoms with van der Waals surface area (Å²) < 4.78 is 17.6. The Kier molecular flexibility index (Phi) is 5.73. The molecule has 1 aliphatic heterocycles. The van der Waals surface area contributed by atoms with E-state index < -0.39 is 25.4 Å². The number of benzene rings is 1. The van der Waals surface area contributed by atoms with Crippen LogP contribution in [-0.4, -0.2) is 38.6 Å². The Labute approximate surface area is 173 Å². The van der Waals surface area contributed by atoms with Gasteiger partial charge in [-0.3, -0.25) is 9.59 Å². The van der Waals surface area contributed by atoms with E-state index in [1.54, 1.807) is 6.92 Å². The van der Waals surface area contributed by atoms with Crippen molar-refractivity contribution in [1.29, 1.82) is 0 Å². The van der Waals surface area contributed by atoms with Crippen molar-refractivity contribution in [1.82, 2.24) is 0 Å². The van der Waals surface area contributed by atoms with Crippen LogP contribution in [0.4, 0.5) is 0 Å². The van der Waals surface area contributed by atoms with E-state index in [-0.39, 0.29) is 17.4 Å². The maximum absolute atomic E-state index is 13.2. The Hall–Kier alpha value is -2.02. The number of allylic oxidation sites excluding steroid dienone is 2. The fourth-order valence-electron chi connectivity index (χ4n) is 3.37. The molecule has 0 N–H and O–H groups in total. The van der Waals surface area contributed by atoms with Gasteiger partial charge in [0.2, 0.25) is 5.78 Å². The van der Waals surface area contributed by atoms with E-state index in [1.807, 2.05) is 36.4 Å². The van der Waals surface area contributed by atoms with Crippen LogP contribution in [0, 0.1) is 0 Å². The topological polar surface area (TPSA) is 61.8 Å². The largest absolute Gasteiger partial charge is 0.484 e. The zero-order valence-electron chi connectivity index (χ0n) is 18.1. The normalized spacial score (nSPS) is 20.1. The van der Waals surface area contributed by atoms with Gasteiger partial charge in [-0.05, 0) is 28.8 Å². The average Bonchev–Trinajstić information content (AvgIpc) is 3.10. The summed E-state index contributed by atoms with van der Waals surface area (Å²) in [7, 11) is -2.26. The van der Waals surface area contributed by atoms with E-state index in [0.29, 0.717) is 24.0 Å². The molecule has 0 radical (unpaired) electrons. The second-order valence-electron chi connectivity index (χ2n) is 9.25. The molecule has 1 aliphatic carbocycles. The molecule has 1 saturated heterocycles. The van der Waals surface area contributed by atoms with Crippen molar-refractivity contribution in [3.63, 3.8) is 0 Å². The molecule has 0 spiro atoms. The first-order valence-electron chi connectivity index (χ1n) is 9.98. The SMILES string of the molecule is CC1(C2=C(OCc3ccccc3)C(=O)C(=O)C([Si](C)(C)C(C)(C)C)=C2)OCCO1. The van der Waals surface area contributed by atoms with E-state index in [2.05, 4.69) is 33.9 Å². The van der Waals surface area contributed by atoms with E-state index in [4.69, 9.17) is 14.2 Å². The summed E-state index contributed by atoms with van der Waals surface area (Å²) in [6.45, 7) is 13.4. The highest BCUT2D eigenvalue weighted by molar-refractivity contribution is 6.93. The molecule has 1 aromatic rings. The molecule has 0 atom stereocenters. The maximum Gasteiger partial charge on any atom is 0.267 e. The van der Waals surface area contributed by atoms with Crippen LogP contribution in [0.2, 0.25) is 18.1 Å². The van der Waals surface area contributed by atoms with Crippen molar-refractivity contribution in [3.8, 4) is 0 Å². The van der Waals surface area contributed by atoms with Crippen molar-refractivity contribution < 1.29 is 23.8 Å². The number of rotatable bonds is 5. The molecular weight excluding hydrogens is 384 g/mol. The Morgan fingerprint density at radius 1 is 1.03 bits per heavy atom. The van der Waals surface area contributed by atoms with Gasteiger partial charge < -0.3 is 14.2 Å². The Morgan fingerprint density at radius 3 is 2.17 bits per heavy atom. The minimum Gasteiger partial charge on any atom is -0.484 e. The molecule has 6 heteroatoms. The van der Waals surface area contributed by atoms with Crippen LogP contribution in [0.25, 0.3) is 0 Å². The predicted octanol–water partition coefficient (Wildman–Crippen LogP) is 4.35. The van der Waals surface area contributed by atoms with Crippen molar-refractivity contribution in [2.24, 2.45) is 0 Å². The highest BCUT2D eigenvalue weighted by Crippen LogP contribution is 2.44. The van der Waals surface area contributed by atoms with E-state index in [0.717, 1.165) is 5.56 Å². The van der Waals surface area contributed by atoms with Crippen molar-refractivity contribution in [2.45, 2.75) is 58.2 Å². The summed E-state index contributed by atoms with van der Waals surface area (Å²) in [5, 5.41) is 0.498. The number of hydrogen-bond donors (Lipinski definition) is 0. The highest BCUT2D eigenvalue weighted by Gasteiger charge is 2.49. The fourth-order valence-corrected chi connectivity index (χ4v) is 5.37. The monoisotopic (exact) mass is 414 g/mol. The molecule has 2 aliphatic rings. The predicted molar refractivity (Wildman–Crippen MR) is 114 cm³/mol. The molecule has 0 unspecified atom stereocenters. The first-order chi connectivity index (χ1) is 13.5. The third kappa shape index (κ3) is 4.02. The van der Waals surface area contributed by atoms with Crippen molar-refractivity contribution in [3.05, 3.63) is 58.5 Å². The summed E-state index contributed by atoms with van der Waals surface area (Å²) in [6, 6.07) is 9.55. The van der Waals surface area contributed by atoms with Gasteiger partial charge in [-0.15, -0.1) is 0 Å². The fraction of sp³-hybridized carbons (Fsp3) is 0.478. The van der Waals surface area contributed by atoms with Gasteiger partial charge in [-0.2, -0.15) is 0 Å². The molecule has 0 aromatic heterocycles. The Morgan fingerprint density at radius 2 is 1.62 bits per heavy atom. The van der Waals surface area contributed by atoms with Crippen LogP contribution in [0.5, 0.6) is 0 Å². The first kappa shape index (κ1) is 21.7. The number of Topliss-reactive ketones (excluding diaryl/α,β-unsaturated/α-hetero) is 2. The van der Waals surface area contributed by atoms with Gasteiger partial charge in [0, 0.05) is 0 Å². The van der Waals surface area contributed by atoms with Gasteiger partial charge in [0.25, 0.3) is 5.78 Å². The van der Waals surface area contributed by atoms with E-state index in [9.17, 15) is 9.59 Å². The van der Waals surface area contributed by atoms with Gasteiger partial charge in [0.1, 0.15) is 6.61 Å². The summed E-state index contributed by atoms with van der Waals surface area (Å²) in [4.78, 5) is 26.3. The average molecular weight is 415 g/mol. The maximum atomic E-state index is 13.2. The number of carbonyl (C=O) groups excluding carboxylic acids is 2. The van der Waals surface area contributed by atoms with Crippen LogP contribution >= 0.6 is 0 Å². The molecular formula is C23H30O5Si. The second kappa shape index (κ2) is 7.67. The molecule has 3 rings (SSSR count). The smallest absolute Gasteiger partial charge is 0.267 e. The van der Waals surface area contributed by atoms with Crippen LogP contribution in [-0.2, 0) is 30.4 Å². The zero-order chi connectivity index (χ0) is 21.4. The molecule has 5 nitrogen and oxygen atoms in total. The zero-order valence-corrected chi connectivity index (χ0v) is 19.1. The van der Waals surface area contributed by atoms with E-state index in [1.165, 1.54) is 0 Å². The molecule has 0 amide bonds. The van der Waals surface area contributed by atoms with Crippen molar-refractivity contribution in [2.75, 3.05) is 13.2 Å². The molecule has 1 fully saturated rings. The van der Waals surface area contributed by atoms with Crippen LogP contribution < -0.4 is 0 Å². The minimum absolute atomic E-state index is 0.0331. The summed E-state index contributed by atoms with van der Waals surface area (Å²) >= 11 is 0. The second-order valence-corrected chi connectivity index (χ2v) is 14.5. The van der Waals surface area contributed by atoms with Gasteiger partial charge in [-0.1, -0.05) is 64.2 Å². The van der Waals surface area contributed by atoms with Gasteiger partial charge >= 0.3 is 0 Å². The van der Waals surface area contributed by atoms with E-state index >= 15 is 0 Å². The molecule has 29 heavy (non-hydrogen) atoms. The van der Waals surface area contributed by atoms with Gasteiger partial charge in [0.05, 0.1) is 26.9 Å². The minimum atomic E-state index is -2.26. The lowest BCUT2D eigenvalue weighted by atomic mass is 9.96. The van der Waals surface area contributed by atoms with Crippen LogP contribution in [0.1, 0.15) is 33.3 Å². The molecule has 156 valence electrons. The molecule has 1 aromatic carbocycles. The summed E-state index contributed by atoms with van der Waals surface area (Å²) in [5.74, 6) is -2.15. The summed E-state index contributed by atoms with van der Waals surface area (Å²) in [5.41, 5.74) is 1.42. The highest BCUT2D eigenvalue weighted by atomic mass is 28.3. The third-order valence-corrected chi connectivity index (χ3v) is 11.8. The Bertz CT molecular complexity index is 868. The standard InChI is InChI=1S/C23H30O5Si/c1-22(2,3)29(5,6)18-14-17(23(4)27-12-13-28-23)21(20(25)19(18)24)26-15-16-10-8-7-9-11-16/h7-11,14H,12-13,15H2,1-6H3. The molecule has 0 bridgehead atoms. The third-order valence-electron chi connectivity index (χ3n) is 6.29. The van der Waals surface area contributed by atoms with Gasteiger partial charge in [-0.25, -0.2) is 0 Å².